The summed E-state index contributed by atoms with van der Waals surface area (Å²) in [7, 11) is 0. The highest BCUT2D eigenvalue weighted by Crippen LogP contribution is 2.23. The number of anilines is 1. The second kappa shape index (κ2) is 9.46. The average molecular weight is 386 g/mol. The van der Waals surface area contributed by atoms with E-state index < -0.39 is 11.6 Å². The van der Waals surface area contributed by atoms with Gasteiger partial charge in [-0.3, -0.25) is 4.79 Å². The molecule has 0 aromatic heterocycles. The molecule has 0 radical (unpaired) electrons. The number of morpholine rings is 1. The Hall–Kier alpha value is -2.73. The van der Waals surface area contributed by atoms with E-state index >= 15 is 0 Å². The van der Waals surface area contributed by atoms with Crippen LogP contribution in [0, 0.1) is 11.6 Å². The summed E-state index contributed by atoms with van der Waals surface area (Å²) in [6.45, 7) is 5.12. The number of carbonyl (C=O) groups excluding carboxylic acids is 1. The third-order valence-electron chi connectivity index (χ3n) is 4.69. The Balaban J connectivity index is 1.67. The number of rotatable bonds is 6. The van der Waals surface area contributed by atoms with Crippen LogP contribution in [-0.4, -0.2) is 32.2 Å². The molecule has 1 N–H and O–H groups in total. The van der Waals surface area contributed by atoms with Gasteiger partial charge in [0.25, 0.3) is 0 Å². The molecular weight excluding hydrogens is 362 g/mol. The number of carbonyl (C=O) groups is 1. The third-order valence-corrected chi connectivity index (χ3v) is 4.69. The zero-order valence-electron chi connectivity index (χ0n) is 15.8. The smallest absolute Gasteiger partial charge is 0.244 e. The fourth-order valence-electron chi connectivity index (χ4n) is 3.24. The number of hydrogen-bond donors (Lipinski definition) is 1. The Morgan fingerprint density at radius 3 is 2.57 bits per heavy atom. The minimum Gasteiger partial charge on any atom is -0.378 e. The lowest BCUT2D eigenvalue weighted by Gasteiger charge is -2.29. The van der Waals surface area contributed by atoms with Gasteiger partial charge in [0.1, 0.15) is 11.6 Å². The topological polar surface area (TPSA) is 41.6 Å². The highest BCUT2D eigenvalue weighted by Gasteiger charge is 2.15. The van der Waals surface area contributed by atoms with E-state index in [1.165, 1.54) is 24.3 Å². The van der Waals surface area contributed by atoms with Crippen molar-refractivity contribution in [3.63, 3.8) is 0 Å². The highest BCUT2D eigenvalue weighted by atomic mass is 19.1. The first kappa shape index (κ1) is 20.0. The van der Waals surface area contributed by atoms with E-state index in [0.717, 1.165) is 36.8 Å². The van der Waals surface area contributed by atoms with E-state index in [4.69, 9.17) is 4.74 Å². The van der Waals surface area contributed by atoms with E-state index in [-0.39, 0.29) is 11.9 Å². The van der Waals surface area contributed by atoms with Gasteiger partial charge < -0.3 is 15.0 Å². The van der Waals surface area contributed by atoms with Crippen molar-refractivity contribution in [2.75, 3.05) is 31.2 Å². The largest absolute Gasteiger partial charge is 0.378 e. The third kappa shape index (κ3) is 5.39. The first-order chi connectivity index (χ1) is 13.5. The summed E-state index contributed by atoms with van der Waals surface area (Å²) in [5.74, 6) is -1.66. The Labute approximate surface area is 163 Å². The summed E-state index contributed by atoms with van der Waals surface area (Å²) in [5, 5.41) is 2.96. The number of hydrogen-bond acceptors (Lipinski definition) is 3. The predicted molar refractivity (Wildman–Crippen MR) is 106 cm³/mol. The molecule has 2 aromatic rings. The molecule has 0 bridgehead atoms. The number of amides is 1. The van der Waals surface area contributed by atoms with Crippen molar-refractivity contribution in [1.29, 1.82) is 0 Å². The molecule has 1 amide bonds. The maximum absolute atomic E-state index is 13.2. The van der Waals surface area contributed by atoms with Crippen molar-refractivity contribution in [1.82, 2.24) is 5.32 Å². The van der Waals surface area contributed by atoms with Gasteiger partial charge in [0.05, 0.1) is 19.3 Å². The van der Waals surface area contributed by atoms with E-state index in [1.807, 2.05) is 19.1 Å². The van der Waals surface area contributed by atoms with Crippen LogP contribution in [0.25, 0.3) is 6.08 Å². The molecule has 0 aliphatic carbocycles. The number of nitrogens with one attached hydrogen (secondary N) is 1. The molecule has 1 aliphatic rings. The summed E-state index contributed by atoms with van der Waals surface area (Å²) in [6, 6.07) is 11.1. The van der Waals surface area contributed by atoms with Crippen molar-refractivity contribution < 1.29 is 18.3 Å². The van der Waals surface area contributed by atoms with E-state index in [0.29, 0.717) is 18.8 Å². The van der Waals surface area contributed by atoms with E-state index in [1.54, 1.807) is 0 Å². The van der Waals surface area contributed by atoms with Gasteiger partial charge in [-0.1, -0.05) is 19.1 Å². The first-order valence-corrected chi connectivity index (χ1v) is 9.42. The van der Waals surface area contributed by atoms with Gasteiger partial charge in [-0.15, -0.1) is 0 Å². The minimum atomic E-state index is -0.675. The molecule has 0 saturated carbocycles. The molecule has 0 spiro atoms. The Bertz CT molecular complexity index is 828. The lowest BCUT2D eigenvalue weighted by Crippen LogP contribution is -2.36. The second-order valence-corrected chi connectivity index (χ2v) is 6.70. The van der Waals surface area contributed by atoms with Gasteiger partial charge in [-0.25, -0.2) is 8.78 Å². The van der Waals surface area contributed by atoms with Gasteiger partial charge in [-0.2, -0.15) is 0 Å². The van der Waals surface area contributed by atoms with Gasteiger partial charge in [0.2, 0.25) is 5.91 Å². The quantitative estimate of drug-likeness (QED) is 0.761. The second-order valence-electron chi connectivity index (χ2n) is 6.70. The van der Waals surface area contributed by atoms with Crippen LogP contribution < -0.4 is 10.2 Å². The Kier molecular flexibility index (Phi) is 6.76. The average Bonchev–Trinajstić information content (AvgIpc) is 2.70. The molecule has 6 heteroatoms. The molecule has 1 unspecified atom stereocenters. The summed E-state index contributed by atoms with van der Waals surface area (Å²) in [6.07, 6.45) is 3.42. The molecule has 1 heterocycles. The molecule has 4 nitrogen and oxygen atoms in total. The van der Waals surface area contributed by atoms with Crippen LogP contribution >= 0.6 is 0 Å². The van der Waals surface area contributed by atoms with Gasteiger partial charge in [0.15, 0.2) is 0 Å². The lowest BCUT2D eigenvalue weighted by atomic mass is 10.0. The highest BCUT2D eigenvalue weighted by molar-refractivity contribution is 5.92. The van der Waals surface area contributed by atoms with Crippen LogP contribution in [-0.2, 0) is 9.53 Å². The summed E-state index contributed by atoms with van der Waals surface area (Å²) >= 11 is 0. The molecule has 1 saturated heterocycles. The molecule has 2 aromatic carbocycles. The van der Waals surface area contributed by atoms with Crippen LogP contribution in [0.3, 0.4) is 0 Å². The van der Waals surface area contributed by atoms with Crippen molar-refractivity contribution in [2.45, 2.75) is 19.4 Å². The summed E-state index contributed by atoms with van der Waals surface area (Å²) < 4.78 is 31.9. The number of benzene rings is 2. The summed E-state index contributed by atoms with van der Waals surface area (Å²) in [5.41, 5.74) is 2.43. The van der Waals surface area contributed by atoms with Gasteiger partial charge >= 0.3 is 0 Å². The zero-order valence-corrected chi connectivity index (χ0v) is 15.8. The Morgan fingerprint density at radius 2 is 1.89 bits per heavy atom. The fourth-order valence-corrected chi connectivity index (χ4v) is 3.24. The standard InChI is InChI=1S/C22H24F2N2O2/c1-2-21(17-4-3-5-20(14-17)26-8-10-28-11-9-26)25-22(27)7-6-16-12-18(23)15-19(24)13-16/h3-7,12-15,21H,2,8-11H2,1H3,(H,25,27). The number of nitrogens with zero attached hydrogens (tertiary/aromatic N) is 1. The van der Waals surface area contributed by atoms with Crippen molar-refractivity contribution in [3.05, 3.63) is 71.3 Å². The minimum absolute atomic E-state index is 0.151. The summed E-state index contributed by atoms with van der Waals surface area (Å²) in [4.78, 5) is 14.6. The first-order valence-electron chi connectivity index (χ1n) is 9.42. The molecule has 3 rings (SSSR count). The van der Waals surface area contributed by atoms with Crippen molar-refractivity contribution in [2.24, 2.45) is 0 Å². The van der Waals surface area contributed by atoms with Crippen LogP contribution in [0.1, 0.15) is 30.5 Å². The molecule has 1 aliphatic heterocycles. The van der Waals surface area contributed by atoms with Crippen LogP contribution in [0.15, 0.2) is 48.5 Å². The van der Waals surface area contributed by atoms with Crippen molar-refractivity contribution in [3.8, 4) is 0 Å². The Morgan fingerprint density at radius 1 is 1.18 bits per heavy atom. The predicted octanol–water partition coefficient (Wildman–Crippen LogP) is 4.08. The molecule has 1 fully saturated rings. The molecule has 28 heavy (non-hydrogen) atoms. The monoisotopic (exact) mass is 386 g/mol. The van der Waals surface area contributed by atoms with Gasteiger partial charge in [0, 0.05) is 30.9 Å². The number of halogens is 2. The SMILES string of the molecule is CCC(NC(=O)C=Cc1cc(F)cc(F)c1)c1cccc(N2CCOCC2)c1. The van der Waals surface area contributed by atoms with E-state index in [9.17, 15) is 13.6 Å². The molecular formula is C22H24F2N2O2. The lowest BCUT2D eigenvalue weighted by molar-refractivity contribution is -0.117. The van der Waals surface area contributed by atoms with E-state index in [2.05, 4.69) is 22.3 Å². The normalized spacial score (nSPS) is 15.6. The number of ether oxygens (including phenoxy) is 1. The fraction of sp³-hybridized carbons (Fsp3) is 0.318. The van der Waals surface area contributed by atoms with Crippen LogP contribution in [0.4, 0.5) is 14.5 Å². The van der Waals surface area contributed by atoms with Crippen molar-refractivity contribution >= 4 is 17.7 Å². The maximum Gasteiger partial charge on any atom is 0.244 e. The zero-order chi connectivity index (χ0) is 19.9. The molecule has 148 valence electrons. The van der Waals surface area contributed by atoms with Crippen LogP contribution in [0.2, 0.25) is 0 Å². The maximum atomic E-state index is 13.2. The molecule has 1 atom stereocenters. The van der Waals surface area contributed by atoms with Crippen LogP contribution in [0.5, 0.6) is 0 Å². The van der Waals surface area contributed by atoms with Gasteiger partial charge in [-0.05, 0) is 47.9 Å².